The van der Waals surface area contributed by atoms with Crippen LogP contribution < -0.4 is 4.90 Å². The molecule has 0 N–H and O–H groups in total. The maximum atomic E-state index is 12.8. The number of imide groups is 1. The van der Waals surface area contributed by atoms with Crippen molar-refractivity contribution in [3.8, 4) is 0 Å². The number of thioether (sulfide) groups is 1. The van der Waals surface area contributed by atoms with Crippen molar-refractivity contribution >= 4 is 29.3 Å². The zero-order chi connectivity index (χ0) is 18.3. The topological polar surface area (TPSA) is 63.2 Å². The quantitative estimate of drug-likeness (QED) is 0.615. The molecule has 2 amide bonds. The van der Waals surface area contributed by atoms with Gasteiger partial charge in [0, 0.05) is 17.8 Å². The highest BCUT2D eigenvalue weighted by Gasteiger charge is 2.40. The van der Waals surface area contributed by atoms with Crippen LogP contribution in [0.2, 0.25) is 0 Å². The second kappa shape index (κ2) is 6.83. The number of aryl methyl sites for hydroxylation is 3. The second-order valence-corrected chi connectivity index (χ2v) is 8.11. The number of carbonyl (C=O) groups is 2. The van der Waals surface area contributed by atoms with Crippen molar-refractivity contribution in [3.63, 3.8) is 0 Å². The van der Waals surface area contributed by atoms with Gasteiger partial charge in [0.05, 0.1) is 5.69 Å². The fourth-order valence-electron chi connectivity index (χ4n) is 3.67. The summed E-state index contributed by atoms with van der Waals surface area (Å²) in [4.78, 5) is 35.9. The highest BCUT2D eigenvalue weighted by molar-refractivity contribution is 8.00. The monoisotopic (exact) mass is 367 g/mol. The lowest BCUT2D eigenvalue weighted by Gasteiger charge is -2.18. The molecule has 26 heavy (non-hydrogen) atoms. The highest BCUT2D eigenvalue weighted by atomic mass is 32.2. The Bertz CT molecular complexity index is 897. The third-order valence-corrected chi connectivity index (χ3v) is 6.03. The Kier molecular flexibility index (Phi) is 4.53. The van der Waals surface area contributed by atoms with Gasteiger partial charge in [-0.05, 0) is 62.8 Å². The van der Waals surface area contributed by atoms with Crippen LogP contribution in [0.1, 0.15) is 41.8 Å². The van der Waals surface area contributed by atoms with E-state index in [1.54, 1.807) is 6.07 Å². The van der Waals surface area contributed by atoms with Gasteiger partial charge in [0.15, 0.2) is 5.16 Å². The molecule has 1 fully saturated rings. The molecule has 1 atom stereocenters. The first-order chi connectivity index (χ1) is 12.5. The summed E-state index contributed by atoms with van der Waals surface area (Å²) in [6.07, 6.45) is 4.53. The summed E-state index contributed by atoms with van der Waals surface area (Å²) in [5.74, 6) is -0.336. The number of rotatable bonds is 3. The van der Waals surface area contributed by atoms with Crippen LogP contribution in [0.25, 0.3) is 0 Å². The molecule has 6 heteroatoms. The lowest BCUT2D eigenvalue weighted by atomic mass is 9.95. The minimum atomic E-state index is -0.455. The Morgan fingerprint density at radius 3 is 2.73 bits per heavy atom. The van der Waals surface area contributed by atoms with Gasteiger partial charge in [0.25, 0.3) is 0 Å². The summed E-state index contributed by atoms with van der Waals surface area (Å²) in [7, 11) is 0. The van der Waals surface area contributed by atoms with Gasteiger partial charge < -0.3 is 0 Å². The van der Waals surface area contributed by atoms with E-state index in [-0.39, 0.29) is 18.2 Å². The molecule has 0 unspecified atom stereocenters. The first-order valence-electron chi connectivity index (χ1n) is 8.99. The van der Waals surface area contributed by atoms with Crippen LogP contribution in [0.15, 0.2) is 29.4 Å². The molecule has 2 aromatic rings. The summed E-state index contributed by atoms with van der Waals surface area (Å²) in [6.45, 7) is 3.96. The highest BCUT2D eigenvalue weighted by Crippen LogP contribution is 2.34. The molecule has 2 aliphatic rings. The molecule has 1 aliphatic carbocycles. The zero-order valence-corrected chi connectivity index (χ0v) is 15.8. The molecule has 1 saturated heterocycles. The third-order valence-electron chi connectivity index (χ3n) is 4.98. The van der Waals surface area contributed by atoms with E-state index < -0.39 is 5.25 Å². The summed E-state index contributed by atoms with van der Waals surface area (Å²) < 4.78 is 0. The van der Waals surface area contributed by atoms with Crippen molar-refractivity contribution in [1.82, 2.24) is 9.97 Å². The number of anilines is 1. The molecule has 1 aromatic carbocycles. The molecule has 1 aromatic heterocycles. The minimum absolute atomic E-state index is 0.159. The van der Waals surface area contributed by atoms with Gasteiger partial charge in [0.2, 0.25) is 11.8 Å². The molecular formula is C20H21N3O2S. The van der Waals surface area contributed by atoms with E-state index in [9.17, 15) is 9.59 Å². The Balaban J connectivity index is 1.57. The van der Waals surface area contributed by atoms with Crippen molar-refractivity contribution in [2.24, 2.45) is 0 Å². The fourth-order valence-corrected chi connectivity index (χ4v) is 4.71. The lowest BCUT2D eigenvalue weighted by Crippen LogP contribution is -2.31. The zero-order valence-electron chi connectivity index (χ0n) is 15.0. The molecular weight excluding hydrogens is 346 g/mol. The first kappa shape index (κ1) is 17.2. The Labute approximate surface area is 157 Å². The van der Waals surface area contributed by atoms with E-state index in [0.29, 0.717) is 10.8 Å². The Morgan fingerprint density at radius 1 is 1.12 bits per heavy atom. The number of aromatic nitrogens is 2. The summed E-state index contributed by atoms with van der Waals surface area (Å²) in [5, 5.41) is 0.157. The summed E-state index contributed by atoms with van der Waals surface area (Å²) in [5.41, 5.74) is 5.04. The molecule has 0 radical (unpaired) electrons. The summed E-state index contributed by atoms with van der Waals surface area (Å²) >= 11 is 1.32. The Morgan fingerprint density at radius 2 is 1.92 bits per heavy atom. The summed E-state index contributed by atoms with van der Waals surface area (Å²) in [6, 6.07) is 7.48. The minimum Gasteiger partial charge on any atom is -0.274 e. The van der Waals surface area contributed by atoms with E-state index >= 15 is 0 Å². The molecule has 0 saturated carbocycles. The fraction of sp³-hybridized carbons (Fsp3) is 0.400. The van der Waals surface area contributed by atoms with Gasteiger partial charge in [-0.15, -0.1) is 0 Å². The van der Waals surface area contributed by atoms with E-state index in [0.717, 1.165) is 36.2 Å². The van der Waals surface area contributed by atoms with E-state index in [4.69, 9.17) is 0 Å². The standard InChI is InChI=1S/C20H21N3O2S/c1-12-6-5-7-14(10-12)23-18(24)11-17(19(23)25)26-20-21-13(2)15-8-3-4-9-16(15)22-20/h5-7,10,17H,3-4,8-9,11H2,1-2H3/t17-/m0/s1. The largest absolute Gasteiger partial charge is 0.274 e. The van der Waals surface area contributed by atoms with Crippen LogP contribution in [0, 0.1) is 13.8 Å². The van der Waals surface area contributed by atoms with Gasteiger partial charge >= 0.3 is 0 Å². The molecule has 0 bridgehead atoms. The van der Waals surface area contributed by atoms with Gasteiger partial charge in [-0.1, -0.05) is 23.9 Å². The number of hydrogen-bond acceptors (Lipinski definition) is 5. The second-order valence-electron chi connectivity index (χ2n) is 6.94. The molecule has 5 nitrogen and oxygen atoms in total. The van der Waals surface area contributed by atoms with Gasteiger partial charge in [-0.25, -0.2) is 14.9 Å². The van der Waals surface area contributed by atoms with Crippen LogP contribution in [-0.4, -0.2) is 27.0 Å². The maximum Gasteiger partial charge on any atom is 0.247 e. The smallest absolute Gasteiger partial charge is 0.247 e. The van der Waals surface area contributed by atoms with Crippen LogP contribution in [0.4, 0.5) is 5.69 Å². The van der Waals surface area contributed by atoms with E-state index in [1.165, 1.54) is 28.6 Å². The Hall–Kier alpha value is -2.21. The van der Waals surface area contributed by atoms with Gasteiger partial charge in [-0.2, -0.15) is 0 Å². The molecule has 1 aliphatic heterocycles. The number of fused-ring (bicyclic) bond motifs is 1. The van der Waals surface area contributed by atoms with Crippen LogP contribution in [0.3, 0.4) is 0 Å². The van der Waals surface area contributed by atoms with Crippen molar-refractivity contribution < 1.29 is 9.59 Å². The number of hydrogen-bond donors (Lipinski definition) is 0. The van der Waals surface area contributed by atoms with Gasteiger partial charge in [-0.3, -0.25) is 9.59 Å². The van der Waals surface area contributed by atoms with Crippen LogP contribution in [0.5, 0.6) is 0 Å². The third kappa shape index (κ3) is 3.14. The number of amides is 2. The lowest BCUT2D eigenvalue weighted by molar-refractivity contribution is -0.121. The average molecular weight is 367 g/mol. The van der Waals surface area contributed by atoms with Crippen molar-refractivity contribution in [3.05, 3.63) is 46.8 Å². The first-order valence-corrected chi connectivity index (χ1v) is 9.87. The van der Waals surface area contributed by atoms with Crippen molar-refractivity contribution in [1.29, 1.82) is 0 Å². The molecule has 134 valence electrons. The van der Waals surface area contributed by atoms with Gasteiger partial charge in [0.1, 0.15) is 5.25 Å². The number of nitrogens with zero attached hydrogens (tertiary/aromatic N) is 3. The van der Waals surface area contributed by atoms with E-state index in [1.807, 2.05) is 32.0 Å². The normalized spacial score (nSPS) is 19.8. The number of benzene rings is 1. The van der Waals surface area contributed by atoms with Crippen LogP contribution >= 0.6 is 11.8 Å². The average Bonchev–Trinajstić information content (AvgIpc) is 2.88. The van der Waals surface area contributed by atoms with Crippen molar-refractivity contribution in [2.45, 2.75) is 56.4 Å². The molecule has 0 spiro atoms. The molecule has 2 heterocycles. The predicted molar refractivity (Wildman–Crippen MR) is 101 cm³/mol. The number of carbonyl (C=O) groups excluding carboxylic acids is 2. The van der Waals surface area contributed by atoms with E-state index in [2.05, 4.69) is 9.97 Å². The SMILES string of the molecule is Cc1cccc(N2C(=O)C[C@H](Sc3nc(C)c4c(n3)CCCC4)C2=O)c1. The van der Waals surface area contributed by atoms with Crippen LogP contribution in [-0.2, 0) is 22.4 Å². The predicted octanol–water partition coefficient (Wildman–Crippen LogP) is 3.40. The van der Waals surface area contributed by atoms with Crippen molar-refractivity contribution in [2.75, 3.05) is 4.90 Å². The molecule has 4 rings (SSSR count). The maximum absolute atomic E-state index is 12.8.